The molecular weight excluding hydrogens is 285 g/mol. The summed E-state index contributed by atoms with van der Waals surface area (Å²) >= 11 is 0. The van der Waals surface area contributed by atoms with Gasteiger partial charge >= 0.3 is 6.03 Å². The lowest BCUT2D eigenvalue weighted by molar-refractivity contribution is -0.119. The van der Waals surface area contributed by atoms with E-state index in [2.05, 4.69) is 10.6 Å². The quantitative estimate of drug-likeness (QED) is 0.898. The van der Waals surface area contributed by atoms with Crippen LogP contribution in [0, 0.1) is 11.7 Å². The van der Waals surface area contributed by atoms with Crippen molar-refractivity contribution in [1.82, 2.24) is 10.2 Å². The Balaban J connectivity index is 1.72. The number of anilines is 1. The number of rotatable bonds is 4. The number of carbonyl (C=O) groups is 2. The zero-order valence-corrected chi connectivity index (χ0v) is 12.8. The van der Waals surface area contributed by atoms with Crippen LogP contribution in [-0.2, 0) is 4.79 Å². The molecule has 0 atom stereocenters. The highest BCUT2D eigenvalue weighted by molar-refractivity contribution is 5.89. The summed E-state index contributed by atoms with van der Waals surface area (Å²) in [6, 6.07) is 5.60. The van der Waals surface area contributed by atoms with Gasteiger partial charge in [0.2, 0.25) is 5.91 Å². The molecule has 5 nitrogen and oxygen atoms in total. The molecule has 2 N–H and O–H groups in total. The van der Waals surface area contributed by atoms with Gasteiger partial charge in [-0.1, -0.05) is 0 Å². The fraction of sp³-hybridized carbons (Fsp3) is 0.500. The number of hydrogen-bond acceptors (Lipinski definition) is 2. The predicted molar refractivity (Wildman–Crippen MR) is 83.0 cm³/mol. The molecule has 2 rings (SSSR count). The Labute approximate surface area is 129 Å². The maximum atomic E-state index is 12.8. The van der Waals surface area contributed by atoms with E-state index < -0.39 is 0 Å². The van der Waals surface area contributed by atoms with E-state index in [9.17, 15) is 14.0 Å². The van der Waals surface area contributed by atoms with Crippen molar-refractivity contribution in [2.75, 3.05) is 25.0 Å². The molecule has 3 amide bonds. The van der Waals surface area contributed by atoms with Crippen molar-refractivity contribution in [2.24, 2.45) is 5.92 Å². The van der Waals surface area contributed by atoms with Crippen LogP contribution < -0.4 is 10.6 Å². The van der Waals surface area contributed by atoms with E-state index in [1.54, 1.807) is 17.0 Å². The normalized spacial score (nSPS) is 15.5. The Morgan fingerprint density at radius 3 is 2.45 bits per heavy atom. The standard InChI is InChI=1S/C16H22FN3O2/c1-12(21)18-9-6-13-7-10-20(11-8-13)16(22)19-15-4-2-14(17)3-5-15/h2-5,13H,6-11H2,1H3,(H,18,21)(H,19,22). The zero-order valence-electron chi connectivity index (χ0n) is 12.8. The van der Waals surface area contributed by atoms with Gasteiger partial charge in [-0.05, 0) is 49.4 Å². The average molecular weight is 307 g/mol. The number of nitrogens with zero attached hydrogens (tertiary/aromatic N) is 1. The lowest BCUT2D eigenvalue weighted by Gasteiger charge is -2.32. The number of likely N-dealkylation sites (tertiary alicyclic amines) is 1. The first-order valence-corrected chi connectivity index (χ1v) is 7.60. The van der Waals surface area contributed by atoms with Gasteiger partial charge in [0.25, 0.3) is 0 Å². The summed E-state index contributed by atoms with van der Waals surface area (Å²) in [4.78, 5) is 24.7. The third kappa shape index (κ3) is 5.02. The smallest absolute Gasteiger partial charge is 0.321 e. The SMILES string of the molecule is CC(=O)NCCC1CCN(C(=O)Nc2ccc(F)cc2)CC1. The van der Waals surface area contributed by atoms with Crippen LogP contribution in [0.3, 0.4) is 0 Å². The van der Waals surface area contributed by atoms with E-state index in [1.807, 2.05) is 0 Å². The second kappa shape index (κ2) is 7.77. The maximum absolute atomic E-state index is 12.8. The third-order valence-corrected chi connectivity index (χ3v) is 3.92. The highest BCUT2D eigenvalue weighted by atomic mass is 19.1. The van der Waals surface area contributed by atoms with Gasteiger partial charge in [-0.15, -0.1) is 0 Å². The number of carbonyl (C=O) groups excluding carboxylic acids is 2. The summed E-state index contributed by atoms with van der Waals surface area (Å²) in [6.07, 6.45) is 2.83. The van der Waals surface area contributed by atoms with Crippen LogP contribution in [0.25, 0.3) is 0 Å². The van der Waals surface area contributed by atoms with Crippen LogP contribution >= 0.6 is 0 Å². The van der Waals surface area contributed by atoms with Crippen LogP contribution in [0.5, 0.6) is 0 Å². The van der Waals surface area contributed by atoms with Gasteiger partial charge in [-0.2, -0.15) is 0 Å². The lowest BCUT2D eigenvalue weighted by Crippen LogP contribution is -2.41. The topological polar surface area (TPSA) is 61.4 Å². The number of hydrogen-bond donors (Lipinski definition) is 2. The van der Waals surface area contributed by atoms with Gasteiger partial charge in [0.05, 0.1) is 0 Å². The van der Waals surface area contributed by atoms with Crippen LogP contribution in [0.2, 0.25) is 0 Å². The predicted octanol–water partition coefficient (Wildman–Crippen LogP) is 2.60. The van der Waals surface area contributed by atoms with Gasteiger partial charge < -0.3 is 15.5 Å². The van der Waals surface area contributed by atoms with Gasteiger partial charge in [0.1, 0.15) is 5.82 Å². The monoisotopic (exact) mass is 307 g/mol. The summed E-state index contributed by atoms with van der Waals surface area (Å²) in [5, 5.41) is 5.58. The highest BCUT2D eigenvalue weighted by Crippen LogP contribution is 2.20. The van der Waals surface area contributed by atoms with Crippen molar-refractivity contribution in [2.45, 2.75) is 26.2 Å². The first-order chi connectivity index (χ1) is 10.5. The molecule has 1 saturated heterocycles. The molecule has 0 unspecified atom stereocenters. The minimum Gasteiger partial charge on any atom is -0.356 e. The second-order valence-electron chi connectivity index (χ2n) is 5.64. The van der Waals surface area contributed by atoms with Crippen LogP contribution in [0.1, 0.15) is 26.2 Å². The fourth-order valence-electron chi connectivity index (χ4n) is 2.61. The van der Waals surface area contributed by atoms with Crippen molar-refractivity contribution < 1.29 is 14.0 Å². The van der Waals surface area contributed by atoms with E-state index >= 15 is 0 Å². The molecule has 1 fully saturated rings. The van der Waals surface area contributed by atoms with Crippen LogP contribution in [0.15, 0.2) is 24.3 Å². The molecule has 1 aliphatic rings. The zero-order chi connectivity index (χ0) is 15.9. The van der Waals surface area contributed by atoms with Crippen LogP contribution in [-0.4, -0.2) is 36.5 Å². The molecule has 120 valence electrons. The number of halogens is 1. The second-order valence-corrected chi connectivity index (χ2v) is 5.64. The molecular formula is C16H22FN3O2. The molecule has 6 heteroatoms. The summed E-state index contributed by atoms with van der Waals surface area (Å²) in [5.41, 5.74) is 0.596. The largest absolute Gasteiger partial charge is 0.356 e. The van der Waals surface area contributed by atoms with E-state index in [0.29, 0.717) is 31.2 Å². The molecule has 0 saturated carbocycles. The Kier molecular flexibility index (Phi) is 5.75. The van der Waals surface area contributed by atoms with Crippen LogP contribution in [0.4, 0.5) is 14.9 Å². The molecule has 1 heterocycles. The van der Waals surface area contributed by atoms with Gasteiger partial charge in [0, 0.05) is 32.2 Å². The number of urea groups is 1. The number of nitrogens with one attached hydrogen (secondary N) is 2. The number of piperidine rings is 1. The van der Waals surface area contributed by atoms with Gasteiger partial charge in [0.15, 0.2) is 0 Å². The summed E-state index contributed by atoms with van der Waals surface area (Å²) < 4.78 is 12.8. The molecule has 22 heavy (non-hydrogen) atoms. The first kappa shape index (κ1) is 16.3. The molecule has 0 aromatic heterocycles. The Morgan fingerprint density at radius 2 is 1.86 bits per heavy atom. The Hall–Kier alpha value is -2.11. The van der Waals surface area contributed by atoms with E-state index in [4.69, 9.17) is 0 Å². The minimum absolute atomic E-state index is 0.00360. The molecule has 0 radical (unpaired) electrons. The Morgan fingerprint density at radius 1 is 1.23 bits per heavy atom. The minimum atomic E-state index is -0.321. The molecule has 1 aliphatic heterocycles. The van der Waals surface area contributed by atoms with Gasteiger partial charge in [-0.25, -0.2) is 9.18 Å². The van der Waals surface area contributed by atoms with Crippen molar-refractivity contribution in [3.05, 3.63) is 30.1 Å². The molecule has 0 bridgehead atoms. The van der Waals surface area contributed by atoms with Gasteiger partial charge in [-0.3, -0.25) is 4.79 Å². The summed E-state index contributed by atoms with van der Waals surface area (Å²) in [6.45, 7) is 3.62. The average Bonchev–Trinajstić information content (AvgIpc) is 2.50. The fourth-order valence-corrected chi connectivity index (χ4v) is 2.61. The Bertz CT molecular complexity index is 511. The molecule has 1 aromatic carbocycles. The molecule has 1 aromatic rings. The van der Waals surface area contributed by atoms with E-state index in [-0.39, 0.29) is 17.8 Å². The number of benzene rings is 1. The van der Waals surface area contributed by atoms with Crippen molar-refractivity contribution in [1.29, 1.82) is 0 Å². The third-order valence-electron chi connectivity index (χ3n) is 3.92. The summed E-state index contributed by atoms with van der Waals surface area (Å²) in [7, 11) is 0. The van der Waals surface area contributed by atoms with E-state index in [0.717, 1.165) is 19.3 Å². The number of amides is 3. The highest BCUT2D eigenvalue weighted by Gasteiger charge is 2.22. The molecule has 0 spiro atoms. The van der Waals surface area contributed by atoms with Crippen molar-refractivity contribution >= 4 is 17.6 Å². The van der Waals surface area contributed by atoms with E-state index in [1.165, 1.54) is 19.1 Å². The lowest BCUT2D eigenvalue weighted by atomic mass is 9.94. The molecule has 0 aliphatic carbocycles. The summed E-state index contributed by atoms with van der Waals surface area (Å²) in [5.74, 6) is 0.218. The van der Waals surface area contributed by atoms with Crippen molar-refractivity contribution in [3.8, 4) is 0 Å². The first-order valence-electron chi connectivity index (χ1n) is 7.60. The maximum Gasteiger partial charge on any atom is 0.321 e. The van der Waals surface area contributed by atoms with Crippen molar-refractivity contribution in [3.63, 3.8) is 0 Å².